The molecule has 21 heavy (non-hydrogen) atoms. The van der Waals surface area contributed by atoms with Crippen molar-refractivity contribution >= 4 is 23.5 Å². The van der Waals surface area contributed by atoms with E-state index in [1.54, 1.807) is 24.3 Å². The van der Waals surface area contributed by atoms with Gasteiger partial charge in [-0.25, -0.2) is 4.98 Å². The van der Waals surface area contributed by atoms with Crippen LogP contribution in [0.4, 0.5) is 5.95 Å². The van der Waals surface area contributed by atoms with E-state index in [9.17, 15) is 9.59 Å². The van der Waals surface area contributed by atoms with E-state index in [4.69, 9.17) is 11.6 Å². The Hall–Kier alpha value is -2.14. The fourth-order valence-corrected chi connectivity index (χ4v) is 2.70. The minimum atomic E-state index is -0.389. The number of rotatable bonds is 2. The van der Waals surface area contributed by atoms with E-state index in [-0.39, 0.29) is 17.4 Å². The Morgan fingerprint density at radius 2 is 2.00 bits per heavy atom. The maximum atomic E-state index is 12.2. The van der Waals surface area contributed by atoms with Gasteiger partial charge in [0.15, 0.2) is 0 Å². The van der Waals surface area contributed by atoms with Gasteiger partial charge in [0.2, 0.25) is 5.95 Å². The van der Waals surface area contributed by atoms with Crippen LogP contribution in [0.1, 0.15) is 34.5 Å². The van der Waals surface area contributed by atoms with Crippen molar-refractivity contribution in [3.8, 4) is 0 Å². The lowest BCUT2D eigenvalue weighted by molar-refractivity contribution is 0.102. The molecule has 2 N–H and O–H groups in total. The van der Waals surface area contributed by atoms with Gasteiger partial charge in [0.05, 0.1) is 16.3 Å². The number of aryl methyl sites for hydroxylation is 1. The first-order valence-corrected chi connectivity index (χ1v) is 7.21. The minimum Gasteiger partial charge on any atom is -0.292 e. The number of fused-ring (bicyclic) bond motifs is 1. The van der Waals surface area contributed by atoms with Crippen LogP contribution in [0.2, 0.25) is 5.02 Å². The number of aromatic amines is 1. The van der Waals surface area contributed by atoms with E-state index >= 15 is 0 Å². The molecule has 0 fully saturated rings. The van der Waals surface area contributed by atoms with Crippen LogP contribution in [0.5, 0.6) is 0 Å². The number of nitrogens with one attached hydrogen (secondary N) is 2. The zero-order chi connectivity index (χ0) is 14.8. The Bertz CT molecular complexity index is 755. The summed E-state index contributed by atoms with van der Waals surface area (Å²) in [6.07, 6.45) is 3.54. The molecular formula is C15H14ClN3O2. The molecule has 5 nitrogen and oxygen atoms in total. The van der Waals surface area contributed by atoms with Gasteiger partial charge in [0.1, 0.15) is 0 Å². The Morgan fingerprint density at radius 1 is 1.24 bits per heavy atom. The van der Waals surface area contributed by atoms with Crippen LogP contribution in [-0.2, 0) is 12.8 Å². The molecule has 1 aromatic heterocycles. The number of nitrogens with zero attached hydrogens (tertiary/aromatic N) is 1. The molecule has 0 bridgehead atoms. The molecule has 1 aliphatic carbocycles. The molecule has 0 aliphatic heterocycles. The number of anilines is 1. The van der Waals surface area contributed by atoms with Crippen molar-refractivity contribution in [2.75, 3.05) is 5.32 Å². The van der Waals surface area contributed by atoms with Crippen LogP contribution in [0, 0.1) is 0 Å². The highest BCUT2D eigenvalue weighted by molar-refractivity contribution is 6.34. The number of amides is 1. The van der Waals surface area contributed by atoms with Crippen LogP contribution in [-0.4, -0.2) is 15.9 Å². The molecule has 2 aromatic rings. The molecule has 0 unspecified atom stereocenters. The molecule has 6 heteroatoms. The summed E-state index contributed by atoms with van der Waals surface area (Å²) in [6, 6.07) is 6.73. The first-order valence-electron chi connectivity index (χ1n) is 6.83. The van der Waals surface area contributed by atoms with E-state index in [1.165, 1.54) is 0 Å². The van der Waals surface area contributed by atoms with Crippen LogP contribution in [0.25, 0.3) is 0 Å². The van der Waals surface area contributed by atoms with Crippen molar-refractivity contribution in [1.29, 1.82) is 0 Å². The fraction of sp³-hybridized carbons (Fsp3) is 0.267. The van der Waals surface area contributed by atoms with Crippen molar-refractivity contribution in [1.82, 2.24) is 9.97 Å². The summed E-state index contributed by atoms with van der Waals surface area (Å²) in [4.78, 5) is 31.1. The molecule has 3 rings (SSSR count). The molecule has 0 saturated heterocycles. The molecule has 1 heterocycles. The normalized spacial score (nSPS) is 13.6. The number of benzene rings is 1. The SMILES string of the molecule is O=C(Nc1nc2c(c(=O)[nH]1)CCCC2)c1ccccc1Cl. The fourth-order valence-electron chi connectivity index (χ4n) is 2.48. The van der Waals surface area contributed by atoms with Gasteiger partial charge in [-0.1, -0.05) is 23.7 Å². The molecule has 0 atom stereocenters. The summed E-state index contributed by atoms with van der Waals surface area (Å²) in [7, 11) is 0. The molecule has 108 valence electrons. The highest BCUT2D eigenvalue weighted by Gasteiger charge is 2.17. The Labute approximate surface area is 126 Å². The zero-order valence-electron chi connectivity index (χ0n) is 11.3. The highest BCUT2D eigenvalue weighted by atomic mass is 35.5. The quantitative estimate of drug-likeness (QED) is 0.895. The van der Waals surface area contributed by atoms with E-state index in [0.717, 1.165) is 36.9 Å². The standard InChI is InChI=1S/C15H14ClN3O2/c16-11-7-3-1-5-9(11)13(20)18-15-17-12-8-4-2-6-10(12)14(21)19-15/h1,3,5,7H,2,4,6,8H2,(H2,17,18,19,20,21). The van der Waals surface area contributed by atoms with Gasteiger partial charge in [-0.15, -0.1) is 0 Å². The Balaban J connectivity index is 1.89. The summed E-state index contributed by atoms with van der Waals surface area (Å²) < 4.78 is 0. The summed E-state index contributed by atoms with van der Waals surface area (Å²) in [5.41, 5.74) is 1.69. The van der Waals surface area contributed by atoms with Gasteiger partial charge in [-0.05, 0) is 37.8 Å². The first-order chi connectivity index (χ1) is 10.1. The molecule has 1 aliphatic rings. The predicted molar refractivity (Wildman–Crippen MR) is 80.9 cm³/mol. The molecule has 1 aromatic carbocycles. The molecular weight excluding hydrogens is 290 g/mol. The van der Waals surface area contributed by atoms with Crippen molar-refractivity contribution in [3.63, 3.8) is 0 Å². The molecule has 1 amide bonds. The van der Waals surface area contributed by atoms with Crippen molar-refractivity contribution in [2.24, 2.45) is 0 Å². The average Bonchev–Trinajstić information content (AvgIpc) is 2.47. The summed E-state index contributed by atoms with van der Waals surface area (Å²) in [6.45, 7) is 0. The van der Waals surface area contributed by atoms with Gasteiger partial charge in [0.25, 0.3) is 11.5 Å². The van der Waals surface area contributed by atoms with Gasteiger partial charge in [-0.3, -0.25) is 19.9 Å². The Kier molecular flexibility index (Phi) is 3.75. The number of hydrogen-bond donors (Lipinski definition) is 2. The number of H-pyrrole nitrogens is 1. The summed E-state index contributed by atoms with van der Waals surface area (Å²) in [5, 5.41) is 2.96. The molecule has 0 saturated carbocycles. The van der Waals surface area contributed by atoms with Gasteiger partial charge in [0, 0.05) is 5.56 Å². The topological polar surface area (TPSA) is 74.8 Å². The second-order valence-electron chi connectivity index (χ2n) is 4.98. The number of aromatic nitrogens is 2. The lowest BCUT2D eigenvalue weighted by Crippen LogP contribution is -2.24. The van der Waals surface area contributed by atoms with Crippen LogP contribution in [0.15, 0.2) is 29.1 Å². The minimum absolute atomic E-state index is 0.172. The maximum absolute atomic E-state index is 12.2. The van der Waals surface area contributed by atoms with Crippen LogP contribution in [0.3, 0.4) is 0 Å². The predicted octanol–water partition coefficient (Wildman–Crippen LogP) is 2.55. The highest BCUT2D eigenvalue weighted by Crippen LogP contribution is 2.18. The number of carbonyl (C=O) groups excluding carboxylic acids is 1. The van der Waals surface area contributed by atoms with Crippen molar-refractivity contribution < 1.29 is 4.79 Å². The number of halogens is 1. The zero-order valence-corrected chi connectivity index (χ0v) is 12.0. The van der Waals surface area contributed by atoms with E-state index in [1.807, 2.05) is 0 Å². The van der Waals surface area contributed by atoms with Gasteiger partial charge < -0.3 is 0 Å². The van der Waals surface area contributed by atoms with E-state index in [2.05, 4.69) is 15.3 Å². The third kappa shape index (κ3) is 2.83. The van der Waals surface area contributed by atoms with Crippen molar-refractivity contribution in [3.05, 3.63) is 56.5 Å². The van der Waals surface area contributed by atoms with Gasteiger partial charge >= 0.3 is 0 Å². The largest absolute Gasteiger partial charge is 0.292 e. The molecule has 0 spiro atoms. The maximum Gasteiger partial charge on any atom is 0.259 e. The van der Waals surface area contributed by atoms with E-state index < -0.39 is 0 Å². The first kappa shape index (κ1) is 13.8. The lowest BCUT2D eigenvalue weighted by atomic mass is 9.97. The second-order valence-corrected chi connectivity index (χ2v) is 5.39. The monoisotopic (exact) mass is 303 g/mol. The summed E-state index contributed by atoms with van der Waals surface area (Å²) >= 11 is 5.98. The van der Waals surface area contributed by atoms with Crippen molar-refractivity contribution in [2.45, 2.75) is 25.7 Å². The van der Waals surface area contributed by atoms with Crippen LogP contribution >= 0.6 is 11.6 Å². The van der Waals surface area contributed by atoms with E-state index in [0.29, 0.717) is 10.6 Å². The van der Waals surface area contributed by atoms with Crippen LogP contribution < -0.4 is 10.9 Å². The third-order valence-corrected chi connectivity index (χ3v) is 3.87. The lowest BCUT2D eigenvalue weighted by Gasteiger charge is -2.14. The smallest absolute Gasteiger partial charge is 0.259 e. The third-order valence-electron chi connectivity index (χ3n) is 3.54. The second kappa shape index (κ2) is 5.69. The number of hydrogen-bond acceptors (Lipinski definition) is 3. The number of carbonyl (C=O) groups is 1. The average molecular weight is 304 g/mol. The molecule has 0 radical (unpaired) electrons. The Morgan fingerprint density at radius 3 is 2.81 bits per heavy atom. The van der Waals surface area contributed by atoms with Gasteiger partial charge in [-0.2, -0.15) is 0 Å². The summed E-state index contributed by atoms with van der Waals surface area (Å²) in [5.74, 6) is -0.218.